The fraction of sp³-hybridized carbons (Fsp3) is 0.345. The highest BCUT2D eigenvalue weighted by Gasteiger charge is 2.20. The summed E-state index contributed by atoms with van der Waals surface area (Å²) in [6.45, 7) is 3.58. The molecule has 37 heavy (non-hydrogen) atoms. The zero-order valence-corrected chi connectivity index (χ0v) is 20.8. The first-order valence-corrected chi connectivity index (χ1v) is 12.5. The maximum absolute atomic E-state index is 11.9. The minimum absolute atomic E-state index is 0.0356. The van der Waals surface area contributed by atoms with Crippen LogP contribution in [0.5, 0.6) is 5.75 Å². The van der Waals surface area contributed by atoms with Crippen molar-refractivity contribution in [3.8, 4) is 5.75 Å². The Morgan fingerprint density at radius 2 is 1.51 bits per heavy atom. The molecule has 1 aliphatic heterocycles. The van der Waals surface area contributed by atoms with Gasteiger partial charge in [0.25, 0.3) is 5.56 Å². The van der Waals surface area contributed by atoms with E-state index in [-0.39, 0.29) is 5.56 Å². The number of hydrogen-bond acceptors (Lipinski definition) is 5. The maximum Gasteiger partial charge on any atom is 0.414 e. The van der Waals surface area contributed by atoms with E-state index in [2.05, 4.69) is 58.4 Å². The molecule has 0 spiro atoms. The number of nitrogens with one attached hydrogen (secondary N) is 1. The van der Waals surface area contributed by atoms with Crippen molar-refractivity contribution in [1.82, 2.24) is 9.88 Å². The summed E-state index contributed by atoms with van der Waals surface area (Å²) in [7, 11) is 0. The van der Waals surface area contributed by atoms with Crippen LogP contribution in [0.2, 0.25) is 0 Å². The molecule has 1 aromatic heterocycles. The molecule has 0 saturated carbocycles. The quantitative estimate of drug-likeness (QED) is 0.375. The summed E-state index contributed by atoms with van der Waals surface area (Å²) in [6.07, 6.45) is 7.27. The Bertz CT molecular complexity index is 1170. The molecule has 2 heterocycles. The lowest BCUT2D eigenvalue weighted by Crippen LogP contribution is -2.35. The molecule has 1 fully saturated rings. The van der Waals surface area contributed by atoms with Crippen LogP contribution < -0.4 is 10.3 Å². The summed E-state index contributed by atoms with van der Waals surface area (Å²) in [5.41, 5.74) is 3.52. The average molecular weight is 507 g/mol. The van der Waals surface area contributed by atoms with Crippen molar-refractivity contribution in [1.29, 1.82) is 0 Å². The predicted octanol–water partition coefficient (Wildman–Crippen LogP) is 4.00. The number of aryl methyl sites for hydroxylation is 1. The van der Waals surface area contributed by atoms with E-state index in [1.54, 1.807) is 6.20 Å². The molecule has 0 unspecified atom stereocenters. The van der Waals surface area contributed by atoms with Gasteiger partial charge in [0, 0.05) is 24.7 Å². The molecule has 196 valence electrons. The van der Waals surface area contributed by atoms with Gasteiger partial charge in [0.05, 0.1) is 6.61 Å². The first-order valence-electron chi connectivity index (χ1n) is 12.5. The molecule has 0 radical (unpaired) electrons. The molecule has 1 aliphatic rings. The smallest absolute Gasteiger partial charge is 0.414 e. The van der Waals surface area contributed by atoms with E-state index in [9.17, 15) is 4.79 Å². The molecule has 0 amide bonds. The van der Waals surface area contributed by atoms with E-state index in [0.29, 0.717) is 6.61 Å². The average Bonchev–Trinajstić information content (AvgIpc) is 2.91. The summed E-state index contributed by atoms with van der Waals surface area (Å²) in [4.78, 5) is 35.3. The number of benzene rings is 2. The lowest BCUT2D eigenvalue weighted by Gasteiger charge is -2.31. The van der Waals surface area contributed by atoms with Crippen molar-refractivity contribution in [3.05, 3.63) is 100.0 Å². The monoisotopic (exact) mass is 506 g/mol. The van der Waals surface area contributed by atoms with Crippen LogP contribution in [0.25, 0.3) is 0 Å². The minimum atomic E-state index is -1.82. The summed E-state index contributed by atoms with van der Waals surface area (Å²) in [6, 6.07) is 22.8. The van der Waals surface area contributed by atoms with Gasteiger partial charge in [-0.3, -0.25) is 9.69 Å². The molecule has 4 rings (SSSR count). The van der Waals surface area contributed by atoms with Gasteiger partial charge < -0.3 is 19.9 Å². The molecule has 1 saturated heterocycles. The fourth-order valence-corrected chi connectivity index (χ4v) is 4.39. The van der Waals surface area contributed by atoms with Gasteiger partial charge in [-0.1, -0.05) is 54.6 Å². The van der Waals surface area contributed by atoms with E-state index in [4.69, 9.17) is 24.5 Å². The van der Waals surface area contributed by atoms with Gasteiger partial charge in [0.1, 0.15) is 5.75 Å². The molecule has 0 atom stereocenters. The number of rotatable bonds is 9. The van der Waals surface area contributed by atoms with Crippen LogP contribution in [-0.4, -0.2) is 51.7 Å². The van der Waals surface area contributed by atoms with Crippen LogP contribution in [0, 0.1) is 5.92 Å². The number of carbonyl (C=O) groups is 2. The third-order valence-corrected chi connectivity index (χ3v) is 6.47. The molecule has 3 N–H and O–H groups in total. The van der Waals surface area contributed by atoms with Crippen LogP contribution in [0.1, 0.15) is 36.0 Å². The fourth-order valence-electron chi connectivity index (χ4n) is 4.39. The predicted molar refractivity (Wildman–Crippen MR) is 141 cm³/mol. The molecule has 3 aromatic rings. The van der Waals surface area contributed by atoms with Crippen molar-refractivity contribution >= 4 is 11.9 Å². The Kier molecular flexibility index (Phi) is 10.9. The SMILES string of the molecule is O=C(O)C(=O)O.O=c1[nH]cccc1CN1CCC(CCc2ccccc2OCCc2ccccc2)CC1. The van der Waals surface area contributed by atoms with Gasteiger partial charge in [-0.15, -0.1) is 0 Å². The topological polar surface area (TPSA) is 120 Å². The Morgan fingerprint density at radius 1 is 0.865 bits per heavy atom. The van der Waals surface area contributed by atoms with Crippen LogP contribution in [0.15, 0.2) is 77.7 Å². The highest BCUT2D eigenvalue weighted by molar-refractivity contribution is 6.27. The van der Waals surface area contributed by atoms with Crippen LogP contribution >= 0.6 is 0 Å². The standard InChI is InChI=1S/C27H32N2O2.C2H2O4/c30-27-25(10-6-17-28-27)21-29-18-14-23(15-19-29)12-13-24-9-4-5-11-26(24)31-20-16-22-7-2-1-3-8-22;3-1(4)2(5)6/h1-11,17,23H,12-16,18-21H2,(H,28,30);(H,3,4)(H,5,6). The Labute approximate surface area is 216 Å². The lowest BCUT2D eigenvalue weighted by atomic mass is 9.90. The largest absolute Gasteiger partial charge is 0.493 e. The van der Waals surface area contributed by atoms with Gasteiger partial charge in [-0.2, -0.15) is 0 Å². The number of hydrogen-bond donors (Lipinski definition) is 3. The second-order valence-electron chi connectivity index (χ2n) is 9.08. The number of piperidine rings is 1. The normalized spacial score (nSPS) is 13.8. The Hall–Kier alpha value is -3.91. The summed E-state index contributed by atoms with van der Waals surface area (Å²) < 4.78 is 6.13. The van der Waals surface area contributed by atoms with E-state index in [0.717, 1.165) is 49.7 Å². The molecule has 0 aliphatic carbocycles. The zero-order chi connectivity index (χ0) is 26.5. The highest BCUT2D eigenvalue weighted by atomic mass is 16.5. The summed E-state index contributed by atoms with van der Waals surface area (Å²) in [5, 5.41) is 14.8. The number of H-pyrrole nitrogens is 1. The number of aromatic nitrogens is 1. The van der Waals surface area contributed by atoms with Crippen LogP contribution in [0.3, 0.4) is 0 Å². The van der Waals surface area contributed by atoms with Gasteiger partial charge in [-0.05, 0) is 68.0 Å². The molecule has 2 aromatic carbocycles. The number of aliphatic carboxylic acids is 2. The molecule has 8 heteroatoms. The van der Waals surface area contributed by atoms with Crippen LogP contribution in [0.4, 0.5) is 0 Å². The van der Waals surface area contributed by atoms with Crippen molar-refractivity contribution < 1.29 is 24.5 Å². The number of pyridine rings is 1. The summed E-state index contributed by atoms with van der Waals surface area (Å²) in [5.74, 6) is -1.88. The zero-order valence-electron chi connectivity index (χ0n) is 20.8. The number of para-hydroxylation sites is 1. The molecule has 0 bridgehead atoms. The molecular formula is C29H34N2O6. The van der Waals surface area contributed by atoms with Gasteiger partial charge in [-0.25, -0.2) is 9.59 Å². The van der Waals surface area contributed by atoms with Crippen molar-refractivity contribution in [2.45, 2.75) is 38.6 Å². The number of nitrogens with zero attached hydrogens (tertiary/aromatic N) is 1. The molecule has 8 nitrogen and oxygen atoms in total. The number of aromatic amines is 1. The highest BCUT2D eigenvalue weighted by Crippen LogP contribution is 2.26. The van der Waals surface area contributed by atoms with Gasteiger partial charge >= 0.3 is 11.9 Å². The van der Waals surface area contributed by atoms with E-state index >= 15 is 0 Å². The van der Waals surface area contributed by atoms with Gasteiger partial charge in [0.15, 0.2) is 0 Å². The van der Waals surface area contributed by atoms with Gasteiger partial charge in [0.2, 0.25) is 0 Å². The number of carboxylic acid groups (broad SMARTS) is 2. The third-order valence-electron chi connectivity index (χ3n) is 6.47. The lowest BCUT2D eigenvalue weighted by molar-refractivity contribution is -0.159. The van der Waals surface area contributed by atoms with Crippen LogP contribution in [-0.2, 0) is 29.0 Å². The van der Waals surface area contributed by atoms with Crippen molar-refractivity contribution in [2.24, 2.45) is 5.92 Å². The molecular weight excluding hydrogens is 472 g/mol. The number of likely N-dealkylation sites (tertiary alicyclic amines) is 1. The van der Waals surface area contributed by atoms with E-state index in [1.165, 1.54) is 30.4 Å². The second kappa shape index (κ2) is 14.6. The third kappa shape index (κ3) is 9.57. The van der Waals surface area contributed by atoms with E-state index in [1.807, 2.05) is 18.2 Å². The first-order chi connectivity index (χ1) is 17.9. The van der Waals surface area contributed by atoms with Crippen molar-refractivity contribution in [3.63, 3.8) is 0 Å². The Balaban J connectivity index is 0.000000568. The second-order valence-corrected chi connectivity index (χ2v) is 9.08. The minimum Gasteiger partial charge on any atom is -0.493 e. The maximum atomic E-state index is 11.9. The first kappa shape index (κ1) is 27.7. The number of carboxylic acids is 2. The van der Waals surface area contributed by atoms with E-state index < -0.39 is 11.9 Å². The summed E-state index contributed by atoms with van der Waals surface area (Å²) >= 11 is 0. The number of ether oxygens (including phenoxy) is 1. The Morgan fingerprint density at radius 3 is 2.19 bits per heavy atom. The van der Waals surface area contributed by atoms with Crippen molar-refractivity contribution in [2.75, 3.05) is 19.7 Å².